The fourth-order valence-corrected chi connectivity index (χ4v) is 2.79. The molecule has 1 unspecified atom stereocenters. The van der Waals surface area contributed by atoms with Crippen LogP contribution in [0.1, 0.15) is 17.2 Å². The van der Waals surface area contributed by atoms with Crippen LogP contribution >= 0.6 is 0 Å². The Bertz CT molecular complexity index is 796. The van der Waals surface area contributed by atoms with Crippen molar-refractivity contribution >= 4 is 11.9 Å². The van der Waals surface area contributed by atoms with Gasteiger partial charge in [-0.1, -0.05) is 18.2 Å². The van der Waals surface area contributed by atoms with Gasteiger partial charge in [0.15, 0.2) is 11.5 Å². The van der Waals surface area contributed by atoms with Gasteiger partial charge >= 0.3 is 11.9 Å². The summed E-state index contributed by atoms with van der Waals surface area (Å²) in [5, 5.41) is 18.2. The molecule has 0 fully saturated rings. The van der Waals surface area contributed by atoms with Crippen LogP contribution in [0.4, 0.5) is 0 Å². The standard InChI is InChI=1S/C18H21NO3.C2H2O4/c1-20-16-10-13-8-9-19-12-18(15(13)11-17(16)21-2)22-14-6-4-3-5-7-14;3-1(4)2(5)6/h3-7,10-11,18-19H,8-9,12H2,1-2H3;(H,3,4)(H,5,6). The number of carboxylic acid groups (broad SMARTS) is 2. The summed E-state index contributed by atoms with van der Waals surface area (Å²) in [6, 6.07) is 14.0. The molecule has 0 saturated heterocycles. The third-order valence-electron chi connectivity index (χ3n) is 4.10. The van der Waals surface area contributed by atoms with Crippen molar-refractivity contribution in [1.29, 1.82) is 0 Å². The highest BCUT2D eigenvalue weighted by atomic mass is 16.5. The largest absolute Gasteiger partial charge is 0.493 e. The zero-order chi connectivity index (χ0) is 20.5. The minimum atomic E-state index is -1.82. The summed E-state index contributed by atoms with van der Waals surface area (Å²) in [6.07, 6.45) is 0.907. The number of benzene rings is 2. The number of carbonyl (C=O) groups is 2. The van der Waals surface area contributed by atoms with Crippen molar-refractivity contribution < 1.29 is 34.0 Å². The Hall–Kier alpha value is -3.26. The van der Waals surface area contributed by atoms with Crippen molar-refractivity contribution in [3.05, 3.63) is 53.6 Å². The molecule has 8 heteroatoms. The first-order valence-electron chi connectivity index (χ1n) is 8.59. The number of aliphatic carboxylic acids is 2. The van der Waals surface area contributed by atoms with E-state index in [1.165, 1.54) is 5.56 Å². The van der Waals surface area contributed by atoms with Crippen molar-refractivity contribution in [1.82, 2.24) is 5.32 Å². The topological polar surface area (TPSA) is 114 Å². The van der Waals surface area contributed by atoms with Gasteiger partial charge in [-0.2, -0.15) is 0 Å². The molecular weight excluding hydrogens is 366 g/mol. The number of hydrogen-bond donors (Lipinski definition) is 3. The smallest absolute Gasteiger partial charge is 0.414 e. The minimum Gasteiger partial charge on any atom is -0.493 e. The molecule has 0 amide bonds. The lowest BCUT2D eigenvalue weighted by Crippen LogP contribution is -2.23. The molecule has 0 aromatic heterocycles. The molecule has 28 heavy (non-hydrogen) atoms. The van der Waals surface area contributed by atoms with E-state index in [0.717, 1.165) is 42.3 Å². The summed E-state index contributed by atoms with van der Waals surface area (Å²) in [6.45, 7) is 1.70. The van der Waals surface area contributed by atoms with E-state index in [1.54, 1.807) is 14.2 Å². The molecule has 8 nitrogen and oxygen atoms in total. The average Bonchev–Trinajstić information content (AvgIpc) is 2.89. The van der Waals surface area contributed by atoms with E-state index in [9.17, 15) is 0 Å². The number of rotatable bonds is 4. The highest BCUT2D eigenvalue weighted by molar-refractivity contribution is 6.27. The second-order valence-corrected chi connectivity index (χ2v) is 5.89. The van der Waals surface area contributed by atoms with E-state index in [1.807, 2.05) is 36.4 Å². The average molecular weight is 389 g/mol. The van der Waals surface area contributed by atoms with Crippen molar-refractivity contribution in [3.8, 4) is 17.2 Å². The molecule has 0 spiro atoms. The molecule has 1 aliphatic rings. The fourth-order valence-electron chi connectivity index (χ4n) is 2.79. The predicted molar refractivity (Wildman–Crippen MR) is 101 cm³/mol. The third kappa shape index (κ3) is 5.62. The number of hydrogen-bond acceptors (Lipinski definition) is 6. The SMILES string of the molecule is COc1cc2c(cc1OC)C(Oc1ccccc1)CNCC2.O=C(O)C(=O)O. The molecular formula is C20H23NO7. The quantitative estimate of drug-likeness (QED) is 0.682. The van der Waals surface area contributed by atoms with Crippen LogP contribution in [0.15, 0.2) is 42.5 Å². The lowest BCUT2D eigenvalue weighted by atomic mass is 10.00. The van der Waals surface area contributed by atoms with E-state index >= 15 is 0 Å². The highest BCUT2D eigenvalue weighted by Crippen LogP contribution is 2.35. The second-order valence-electron chi connectivity index (χ2n) is 5.89. The molecule has 0 radical (unpaired) electrons. The first-order valence-corrected chi connectivity index (χ1v) is 8.59. The van der Waals surface area contributed by atoms with Crippen LogP contribution in [0.3, 0.4) is 0 Å². The third-order valence-corrected chi connectivity index (χ3v) is 4.10. The maximum absolute atomic E-state index is 9.10. The molecule has 150 valence electrons. The van der Waals surface area contributed by atoms with Crippen LogP contribution in [0.2, 0.25) is 0 Å². The van der Waals surface area contributed by atoms with Gasteiger partial charge in [0.2, 0.25) is 0 Å². The molecule has 2 aromatic carbocycles. The Morgan fingerprint density at radius 3 is 2.18 bits per heavy atom. The van der Waals surface area contributed by atoms with Crippen LogP contribution in [0, 0.1) is 0 Å². The molecule has 1 atom stereocenters. The Balaban J connectivity index is 0.000000409. The summed E-state index contributed by atoms with van der Waals surface area (Å²) in [5.74, 6) is -1.27. The zero-order valence-electron chi connectivity index (χ0n) is 15.7. The van der Waals surface area contributed by atoms with Gasteiger partial charge in [0.05, 0.1) is 14.2 Å². The summed E-state index contributed by atoms with van der Waals surface area (Å²) in [7, 11) is 3.32. The summed E-state index contributed by atoms with van der Waals surface area (Å²) < 4.78 is 17.0. The van der Waals surface area contributed by atoms with E-state index in [4.69, 9.17) is 34.0 Å². The van der Waals surface area contributed by atoms with Gasteiger partial charge in [0.25, 0.3) is 0 Å². The number of nitrogens with one attached hydrogen (secondary N) is 1. The van der Waals surface area contributed by atoms with Crippen LogP contribution in [0.5, 0.6) is 17.2 Å². The Kier molecular flexibility index (Phi) is 7.65. The summed E-state index contributed by atoms with van der Waals surface area (Å²) in [5.41, 5.74) is 2.40. The van der Waals surface area contributed by atoms with Crippen molar-refractivity contribution in [2.75, 3.05) is 27.3 Å². The van der Waals surface area contributed by atoms with Gasteiger partial charge in [-0.05, 0) is 42.8 Å². The Labute approximate surface area is 162 Å². The first-order chi connectivity index (χ1) is 13.5. The summed E-state index contributed by atoms with van der Waals surface area (Å²) >= 11 is 0. The molecule has 0 bridgehead atoms. The number of carboxylic acids is 2. The molecule has 0 saturated carbocycles. The van der Waals surface area contributed by atoms with E-state index < -0.39 is 11.9 Å². The van der Waals surface area contributed by atoms with Gasteiger partial charge in [0.1, 0.15) is 11.9 Å². The molecule has 1 aliphatic heterocycles. The van der Waals surface area contributed by atoms with Crippen LogP contribution in [0.25, 0.3) is 0 Å². The maximum atomic E-state index is 9.10. The van der Waals surface area contributed by atoms with E-state index in [-0.39, 0.29) is 6.10 Å². The number of ether oxygens (including phenoxy) is 3. The number of fused-ring (bicyclic) bond motifs is 1. The van der Waals surface area contributed by atoms with Crippen molar-refractivity contribution in [3.63, 3.8) is 0 Å². The molecule has 2 aromatic rings. The minimum absolute atomic E-state index is 0.0419. The van der Waals surface area contributed by atoms with Crippen LogP contribution in [-0.2, 0) is 16.0 Å². The van der Waals surface area contributed by atoms with Gasteiger partial charge in [-0.3, -0.25) is 0 Å². The fraction of sp³-hybridized carbons (Fsp3) is 0.300. The van der Waals surface area contributed by atoms with Crippen LogP contribution < -0.4 is 19.5 Å². The van der Waals surface area contributed by atoms with E-state index in [0.29, 0.717) is 0 Å². The number of methoxy groups -OCH3 is 2. The monoisotopic (exact) mass is 389 g/mol. The van der Waals surface area contributed by atoms with Crippen molar-refractivity contribution in [2.45, 2.75) is 12.5 Å². The maximum Gasteiger partial charge on any atom is 0.414 e. The summed E-state index contributed by atoms with van der Waals surface area (Å²) in [4.78, 5) is 18.2. The van der Waals surface area contributed by atoms with Crippen LogP contribution in [-0.4, -0.2) is 49.5 Å². The highest BCUT2D eigenvalue weighted by Gasteiger charge is 2.23. The predicted octanol–water partition coefficient (Wildman–Crippen LogP) is 2.13. The lowest BCUT2D eigenvalue weighted by Gasteiger charge is -2.21. The van der Waals surface area contributed by atoms with Gasteiger partial charge < -0.3 is 29.7 Å². The Morgan fingerprint density at radius 2 is 1.61 bits per heavy atom. The van der Waals surface area contributed by atoms with Gasteiger partial charge in [0, 0.05) is 12.1 Å². The molecule has 3 rings (SSSR count). The Morgan fingerprint density at radius 1 is 1.00 bits per heavy atom. The van der Waals surface area contributed by atoms with Gasteiger partial charge in [-0.25, -0.2) is 9.59 Å². The zero-order valence-corrected chi connectivity index (χ0v) is 15.7. The number of para-hydroxylation sites is 1. The molecule has 3 N–H and O–H groups in total. The molecule has 0 aliphatic carbocycles. The van der Waals surface area contributed by atoms with Crippen molar-refractivity contribution in [2.24, 2.45) is 0 Å². The van der Waals surface area contributed by atoms with E-state index in [2.05, 4.69) is 11.4 Å². The molecule has 1 heterocycles. The first kappa shape index (κ1) is 21.0. The second kappa shape index (κ2) is 10.2. The van der Waals surface area contributed by atoms with Gasteiger partial charge in [-0.15, -0.1) is 0 Å². The lowest BCUT2D eigenvalue weighted by molar-refractivity contribution is -0.159. The normalized spacial score (nSPS) is 15.1.